The molecule has 8 heteroatoms. The number of sulfonamides is 1. The lowest BCUT2D eigenvalue weighted by atomic mass is 9.99. The molecule has 0 saturated carbocycles. The average molecular weight is 411 g/mol. The van der Waals surface area contributed by atoms with E-state index in [9.17, 15) is 17.6 Å². The van der Waals surface area contributed by atoms with Gasteiger partial charge in [-0.15, -0.1) is 0 Å². The summed E-state index contributed by atoms with van der Waals surface area (Å²) in [6.07, 6.45) is 1.21. The molecule has 0 aliphatic carbocycles. The number of benzene rings is 2. The van der Waals surface area contributed by atoms with E-state index in [0.29, 0.717) is 31.0 Å². The van der Waals surface area contributed by atoms with Gasteiger partial charge in [-0.25, -0.2) is 12.8 Å². The van der Waals surface area contributed by atoms with Crippen molar-refractivity contribution in [3.8, 4) is 0 Å². The number of nitrogens with one attached hydrogen (secondary N) is 1. The molecule has 1 N–H and O–H groups in total. The maximum atomic E-state index is 13.1. The molecule has 1 saturated heterocycles. The Morgan fingerprint density at radius 2 is 1.96 bits per heavy atom. The lowest BCUT2D eigenvalue weighted by Gasteiger charge is -2.31. The van der Waals surface area contributed by atoms with Gasteiger partial charge in [-0.1, -0.05) is 23.7 Å². The topological polar surface area (TPSA) is 66.5 Å². The summed E-state index contributed by atoms with van der Waals surface area (Å²) in [5.41, 5.74) is 0.877. The van der Waals surface area contributed by atoms with E-state index in [2.05, 4.69) is 5.32 Å². The van der Waals surface area contributed by atoms with Crippen LogP contribution in [0.3, 0.4) is 0 Å². The highest BCUT2D eigenvalue weighted by atomic mass is 35.5. The van der Waals surface area contributed by atoms with Crippen molar-refractivity contribution in [3.63, 3.8) is 0 Å². The zero-order valence-electron chi connectivity index (χ0n) is 14.6. The van der Waals surface area contributed by atoms with Crippen LogP contribution in [0.1, 0.15) is 18.4 Å². The lowest BCUT2D eigenvalue weighted by Crippen LogP contribution is -2.45. The van der Waals surface area contributed by atoms with Gasteiger partial charge in [-0.2, -0.15) is 4.31 Å². The van der Waals surface area contributed by atoms with E-state index in [-0.39, 0.29) is 17.3 Å². The molecule has 144 valence electrons. The van der Waals surface area contributed by atoms with Crippen LogP contribution < -0.4 is 5.32 Å². The molecule has 1 aliphatic rings. The van der Waals surface area contributed by atoms with Crippen LogP contribution in [0.25, 0.3) is 0 Å². The zero-order chi connectivity index (χ0) is 19.4. The molecule has 2 aromatic rings. The number of carbonyl (C=O) groups is 1. The number of hydrogen-bond acceptors (Lipinski definition) is 3. The molecule has 1 fully saturated rings. The third-order valence-corrected chi connectivity index (χ3v) is 6.68. The van der Waals surface area contributed by atoms with Crippen LogP contribution in [0.2, 0.25) is 5.02 Å². The first kappa shape index (κ1) is 19.8. The highest BCUT2D eigenvalue weighted by molar-refractivity contribution is 7.89. The summed E-state index contributed by atoms with van der Waals surface area (Å²) in [6, 6.07) is 11.9. The van der Waals surface area contributed by atoms with E-state index in [1.54, 1.807) is 18.2 Å². The van der Waals surface area contributed by atoms with Crippen molar-refractivity contribution in [1.82, 2.24) is 9.62 Å². The van der Waals surface area contributed by atoms with Crippen molar-refractivity contribution in [1.29, 1.82) is 0 Å². The molecule has 0 spiro atoms. The monoisotopic (exact) mass is 410 g/mol. The molecule has 27 heavy (non-hydrogen) atoms. The van der Waals surface area contributed by atoms with Gasteiger partial charge >= 0.3 is 0 Å². The van der Waals surface area contributed by atoms with E-state index in [0.717, 1.165) is 17.7 Å². The minimum absolute atomic E-state index is 0.0314. The normalized spacial score (nSPS) is 18.2. The van der Waals surface area contributed by atoms with Crippen LogP contribution in [0.5, 0.6) is 0 Å². The Balaban J connectivity index is 1.64. The third kappa shape index (κ3) is 4.86. The van der Waals surface area contributed by atoms with E-state index in [4.69, 9.17) is 11.6 Å². The summed E-state index contributed by atoms with van der Waals surface area (Å²) >= 11 is 5.94. The van der Waals surface area contributed by atoms with Crippen LogP contribution in [-0.4, -0.2) is 31.7 Å². The summed E-state index contributed by atoms with van der Waals surface area (Å²) in [4.78, 5) is 12.5. The summed E-state index contributed by atoms with van der Waals surface area (Å²) in [5.74, 6) is -1.10. The van der Waals surface area contributed by atoms with Gasteiger partial charge in [0.1, 0.15) is 5.82 Å². The Labute approximate surface area is 163 Å². The van der Waals surface area contributed by atoms with Crippen LogP contribution >= 0.6 is 11.6 Å². The second-order valence-electron chi connectivity index (χ2n) is 6.50. The minimum atomic E-state index is -3.75. The first-order valence-corrected chi connectivity index (χ1v) is 10.5. The van der Waals surface area contributed by atoms with Crippen molar-refractivity contribution in [2.24, 2.45) is 5.92 Å². The fourth-order valence-electron chi connectivity index (χ4n) is 3.11. The first-order chi connectivity index (χ1) is 12.9. The number of halogens is 2. The standard InChI is InChI=1S/C19H20ClFN2O3S/c20-16-5-1-3-14(11-16)12-22-19(24)15-4-2-10-23(13-15)27(25,26)18-8-6-17(21)7-9-18/h1,3,5-9,11,15H,2,4,10,12-13H2,(H,22,24). The quantitative estimate of drug-likeness (QED) is 0.823. The number of carbonyl (C=O) groups excluding carboxylic acids is 1. The molecule has 0 aromatic heterocycles. The van der Waals surface area contributed by atoms with Gasteiger partial charge in [-0.05, 0) is 54.8 Å². The van der Waals surface area contributed by atoms with Crippen LogP contribution in [0, 0.1) is 11.7 Å². The number of hydrogen-bond donors (Lipinski definition) is 1. The van der Waals surface area contributed by atoms with Gasteiger partial charge in [0.15, 0.2) is 0 Å². The number of amides is 1. The van der Waals surface area contributed by atoms with Crippen molar-refractivity contribution >= 4 is 27.5 Å². The van der Waals surface area contributed by atoms with Crippen molar-refractivity contribution < 1.29 is 17.6 Å². The molecular weight excluding hydrogens is 391 g/mol. The van der Waals surface area contributed by atoms with Gasteiger partial charge in [0.2, 0.25) is 15.9 Å². The second kappa shape index (κ2) is 8.37. The number of nitrogens with zero attached hydrogens (tertiary/aromatic N) is 1. The predicted octanol–water partition coefficient (Wildman–Crippen LogP) is 3.20. The zero-order valence-corrected chi connectivity index (χ0v) is 16.1. The Morgan fingerprint density at radius 3 is 2.67 bits per heavy atom. The van der Waals surface area contributed by atoms with Gasteiger partial charge < -0.3 is 5.32 Å². The third-order valence-electron chi connectivity index (χ3n) is 4.56. The summed E-state index contributed by atoms with van der Waals surface area (Å²) in [5, 5.41) is 3.44. The predicted molar refractivity (Wildman–Crippen MR) is 101 cm³/mol. The molecule has 3 rings (SSSR count). The van der Waals surface area contributed by atoms with E-state index >= 15 is 0 Å². The Kier molecular flexibility index (Phi) is 6.14. The molecule has 2 aromatic carbocycles. The van der Waals surface area contributed by atoms with Crippen molar-refractivity contribution in [3.05, 3.63) is 64.9 Å². The lowest BCUT2D eigenvalue weighted by molar-refractivity contribution is -0.126. The molecule has 0 bridgehead atoms. The molecule has 1 amide bonds. The van der Waals surface area contributed by atoms with Crippen LogP contribution in [0.15, 0.2) is 53.4 Å². The maximum absolute atomic E-state index is 13.1. The highest BCUT2D eigenvalue weighted by Crippen LogP contribution is 2.24. The molecule has 0 radical (unpaired) electrons. The Bertz CT molecular complexity index is 919. The van der Waals surface area contributed by atoms with Gasteiger partial charge in [0.25, 0.3) is 0 Å². The van der Waals surface area contributed by atoms with Gasteiger partial charge in [0, 0.05) is 24.7 Å². The average Bonchev–Trinajstić information content (AvgIpc) is 2.66. The SMILES string of the molecule is O=C(NCc1cccc(Cl)c1)C1CCCN(S(=O)(=O)c2ccc(F)cc2)C1. The molecular formula is C19H20ClFN2O3S. The molecule has 1 unspecified atom stereocenters. The smallest absolute Gasteiger partial charge is 0.243 e. The largest absolute Gasteiger partial charge is 0.352 e. The fraction of sp³-hybridized carbons (Fsp3) is 0.316. The summed E-state index contributed by atoms with van der Waals surface area (Å²) in [6.45, 7) is 0.791. The number of piperidine rings is 1. The minimum Gasteiger partial charge on any atom is -0.352 e. The maximum Gasteiger partial charge on any atom is 0.243 e. The highest BCUT2D eigenvalue weighted by Gasteiger charge is 2.33. The van der Waals surface area contributed by atoms with E-state index < -0.39 is 21.8 Å². The first-order valence-electron chi connectivity index (χ1n) is 8.64. The molecule has 5 nitrogen and oxygen atoms in total. The summed E-state index contributed by atoms with van der Waals surface area (Å²) in [7, 11) is -3.75. The van der Waals surface area contributed by atoms with Crippen LogP contribution in [-0.2, 0) is 21.4 Å². The number of rotatable bonds is 5. The van der Waals surface area contributed by atoms with E-state index in [1.165, 1.54) is 16.4 Å². The summed E-state index contributed by atoms with van der Waals surface area (Å²) < 4.78 is 39.8. The Hall–Kier alpha value is -1.96. The fourth-order valence-corrected chi connectivity index (χ4v) is 4.85. The Morgan fingerprint density at radius 1 is 1.22 bits per heavy atom. The second-order valence-corrected chi connectivity index (χ2v) is 8.88. The van der Waals surface area contributed by atoms with Crippen molar-refractivity contribution in [2.75, 3.05) is 13.1 Å². The molecule has 1 atom stereocenters. The molecule has 1 aliphatic heterocycles. The molecule has 1 heterocycles. The van der Waals surface area contributed by atoms with Crippen LogP contribution in [0.4, 0.5) is 4.39 Å². The van der Waals surface area contributed by atoms with E-state index in [1.807, 2.05) is 6.07 Å². The van der Waals surface area contributed by atoms with Gasteiger partial charge in [-0.3, -0.25) is 4.79 Å². The van der Waals surface area contributed by atoms with Gasteiger partial charge in [0.05, 0.1) is 10.8 Å². The van der Waals surface area contributed by atoms with Crippen molar-refractivity contribution in [2.45, 2.75) is 24.3 Å².